The average molecular weight is 255 g/mol. The zero-order valence-electron chi connectivity index (χ0n) is 11.5. The molecule has 100 valence electrons. The molecule has 0 saturated heterocycles. The number of carbonyl (C=O) groups is 1. The Kier molecular flexibility index (Phi) is 2.54. The van der Waals surface area contributed by atoms with Crippen molar-refractivity contribution in [2.75, 3.05) is 0 Å². The molecule has 4 fully saturated rings. The first-order chi connectivity index (χ1) is 9.20. The third-order valence-electron chi connectivity index (χ3n) is 5.69. The summed E-state index contributed by atoms with van der Waals surface area (Å²) in [6.07, 6.45) is 10.3. The summed E-state index contributed by atoms with van der Waals surface area (Å²) in [7, 11) is 0. The Morgan fingerprint density at radius 2 is 1.68 bits per heavy atom. The highest BCUT2D eigenvalue weighted by Gasteiger charge is 2.50. The van der Waals surface area contributed by atoms with E-state index in [1.165, 1.54) is 32.1 Å². The third kappa shape index (κ3) is 1.84. The molecule has 4 aliphatic carbocycles. The predicted molar refractivity (Wildman–Crippen MR) is 73.8 cm³/mol. The Bertz CT molecular complexity index is 494. The summed E-state index contributed by atoms with van der Waals surface area (Å²) in [6.45, 7) is 2.01. The van der Waals surface area contributed by atoms with Gasteiger partial charge < -0.3 is 0 Å². The van der Waals surface area contributed by atoms with Crippen molar-refractivity contribution in [1.29, 1.82) is 0 Å². The van der Waals surface area contributed by atoms with Crippen LogP contribution in [0, 0.1) is 36.5 Å². The van der Waals surface area contributed by atoms with Crippen molar-refractivity contribution in [3.63, 3.8) is 0 Å². The maximum absolute atomic E-state index is 12.8. The zero-order valence-corrected chi connectivity index (χ0v) is 11.5. The van der Waals surface area contributed by atoms with E-state index < -0.39 is 0 Å². The summed E-state index contributed by atoms with van der Waals surface area (Å²) in [5, 5.41) is 0. The Morgan fingerprint density at radius 1 is 1.05 bits per heavy atom. The van der Waals surface area contributed by atoms with E-state index in [1.807, 2.05) is 19.2 Å². The lowest BCUT2D eigenvalue weighted by atomic mass is 9.51. The van der Waals surface area contributed by atoms with E-state index >= 15 is 0 Å². The van der Waals surface area contributed by atoms with Gasteiger partial charge in [-0.15, -0.1) is 0 Å². The molecule has 0 amide bonds. The minimum Gasteiger partial charge on any atom is -0.294 e. The number of aromatic nitrogens is 1. The first kappa shape index (κ1) is 11.6. The molecule has 19 heavy (non-hydrogen) atoms. The number of nitrogens with zero attached hydrogens (tertiary/aromatic N) is 1. The Morgan fingerprint density at radius 3 is 2.26 bits per heavy atom. The fourth-order valence-electron chi connectivity index (χ4n) is 5.24. The summed E-state index contributed by atoms with van der Waals surface area (Å²) in [5.74, 6) is 3.89. The molecule has 0 unspecified atom stereocenters. The molecule has 2 nitrogen and oxygen atoms in total. The van der Waals surface area contributed by atoms with Crippen LogP contribution in [0.3, 0.4) is 0 Å². The van der Waals surface area contributed by atoms with Gasteiger partial charge >= 0.3 is 0 Å². The molecule has 0 aromatic carbocycles. The van der Waals surface area contributed by atoms with Crippen molar-refractivity contribution in [2.45, 2.75) is 39.0 Å². The molecule has 4 saturated carbocycles. The quantitative estimate of drug-likeness (QED) is 0.755. The van der Waals surface area contributed by atoms with Crippen LogP contribution in [0.25, 0.3) is 0 Å². The van der Waals surface area contributed by atoms with Crippen LogP contribution in [0.5, 0.6) is 0 Å². The van der Waals surface area contributed by atoms with Crippen molar-refractivity contribution in [1.82, 2.24) is 4.98 Å². The lowest BCUT2D eigenvalue weighted by Gasteiger charge is -2.53. The van der Waals surface area contributed by atoms with Crippen LogP contribution < -0.4 is 0 Å². The minimum absolute atomic E-state index is 0.302. The number of pyridine rings is 1. The van der Waals surface area contributed by atoms with Gasteiger partial charge in [-0.05, 0) is 74.3 Å². The summed E-state index contributed by atoms with van der Waals surface area (Å²) in [6, 6.07) is 2.01. The van der Waals surface area contributed by atoms with Gasteiger partial charge in [-0.2, -0.15) is 0 Å². The van der Waals surface area contributed by atoms with Gasteiger partial charge in [0.1, 0.15) is 0 Å². The summed E-state index contributed by atoms with van der Waals surface area (Å²) in [5.41, 5.74) is 1.94. The second kappa shape index (κ2) is 4.16. The molecule has 2 heteroatoms. The van der Waals surface area contributed by atoms with Crippen molar-refractivity contribution >= 4 is 5.78 Å². The SMILES string of the molecule is Cc1cncc(C(=O)C2C3CC4CC(C3)CC2C4)c1. The Labute approximate surface area is 114 Å². The summed E-state index contributed by atoms with van der Waals surface area (Å²) in [4.78, 5) is 17.0. The predicted octanol–water partition coefficient (Wildman–Crippen LogP) is 3.65. The highest BCUT2D eigenvalue weighted by molar-refractivity contribution is 5.98. The minimum atomic E-state index is 0.302. The maximum Gasteiger partial charge on any atom is 0.168 e. The highest BCUT2D eigenvalue weighted by Crippen LogP contribution is 2.57. The van der Waals surface area contributed by atoms with Crippen molar-refractivity contribution in [2.24, 2.45) is 29.6 Å². The molecule has 0 atom stereocenters. The number of hydrogen-bond donors (Lipinski definition) is 0. The molecular weight excluding hydrogens is 234 g/mol. The molecule has 0 spiro atoms. The number of rotatable bonds is 2. The molecule has 4 aliphatic rings. The van der Waals surface area contributed by atoms with Crippen LogP contribution in [-0.2, 0) is 0 Å². The zero-order chi connectivity index (χ0) is 13.0. The van der Waals surface area contributed by atoms with E-state index in [0.717, 1.165) is 23.0 Å². The van der Waals surface area contributed by atoms with Crippen LogP contribution in [-0.4, -0.2) is 10.8 Å². The molecule has 1 aromatic heterocycles. The van der Waals surface area contributed by atoms with Gasteiger partial charge in [0, 0.05) is 23.9 Å². The van der Waals surface area contributed by atoms with Gasteiger partial charge in [-0.1, -0.05) is 0 Å². The van der Waals surface area contributed by atoms with E-state index in [2.05, 4.69) is 4.98 Å². The van der Waals surface area contributed by atoms with Gasteiger partial charge in [-0.25, -0.2) is 0 Å². The molecule has 0 aliphatic heterocycles. The van der Waals surface area contributed by atoms with Crippen LogP contribution in [0.15, 0.2) is 18.5 Å². The molecule has 0 radical (unpaired) electrons. The van der Waals surface area contributed by atoms with Gasteiger partial charge in [0.25, 0.3) is 0 Å². The lowest BCUT2D eigenvalue weighted by molar-refractivity contribution is -0.0251. The highest BCUT2D eigenvalue weighted by atomic mass is 16.1. The second-order valence-corrected chi connectivity index (χ2v) is 7.07. The number of Topliss-reactive ketones (excluding diaryl/α,β-unsaturated/α-hetero) is 1. The van der Waals surface area contributed by atoms with E-state index in [-0.39, 0.29) is 0 Å². The third-order valence-corrected chi connectivity index (χ3v) is 5.69. The molecule has 1 heterocycles. The fourth-order valence-corrected chi connectivity index (χ4v) is 5.24. The first-order valence-electron chi connectivity index (χ1n) is 7.66. The van der Waals surface area contributed by atoms with Crippen LogP contribution in [0.1, 0.15) is 48.0 Å². The molecule has 5 rings (SSSR count). The van der Waals surface area contributed by atoms with E-state index in [0.29, 0.717) is 23.5 Å². The molecule has 0 N–H and O–H groups in total. The summed E-state index contributed by atoms with van der Waals surface area (Å²) < 4.78 is 0. The second-order valence-electron chi connectivity index (χ2n) is 7.07. The van der Waals surface area contributed by atoms with Crippen molar-refractivity contribution < 1.29 is 4.79 Å². The number of aryl methyl sites for hydroxylation is 1. The standard InChI is InChI=1S/C17H21NO/c1-10-2-15(9-18-8-10)17(19)16-13-4-11-3-12(6-13)7-14(16)5-11/h2,8-9,11-14,16H,3-7H2,1H3. The fraction of sp³-hybridized carbons (Fsp3) is 0.647. The Balaban J connectivity index is 1.64. The molecule has 4 bridgehead atoms. The monoisotopic (exact) mass is 255 g/mol. The van der Waals surface area contributed by atoms with Crippen molar-refractivity contribution in [3.05, 3.63) is 29.6 Å². The maximum atomic E-state index is 12.8. The van der Waals surface area contributed by atoms with Gasteiger partial charge in [-0.3, -0.25) is 9.78 Å². The Hall–Kier alpha value is -1.18. The smallest absolute Gasteiger partial charge is 0.168 e. The molecule has 1 aromatic rings. The largest absolute Gasteiger partial charge is 0.294 e. The van der Waals surface area contributed by atoms with Crippen LogP contribution in [0.4, 0.5) is 0 Å². The van der Waals surface area contributed by atoms with Gasteiger partial charge in [0.2, 0.25) is 0 Å². The number of hydrogen-bond acceptors (Lipinski definition) is 2. The topological polar surface area (TPSA) is 30.0 Å². The molecular formula is C17H21NO. The van der Waals surface area contributed by atoms with E-state index in [9.17, 15) is 4.79 Å². The normalized spacial score (nSPS) is 39.5. The van der Waals surface area contributed by atoms with Gasteiger partial charge in [0.05, 0.1) is 0 Å². The van der Waals surface area contributed by atoms with Crippen molar-refractivity contribution in [3.8, 4) is 0 Å². The summed E-state index contributed by atoms with van der Waals surface area (Å²) >= 11 is 0. The lowest BCUT2D eigenvalue weighted by Crippen LogP contribution is -2.48. The number of carbonyl (C=O) groups excluding carboxylic acids is 1. The van der Waals surface area contributed by atoms with Gasteiger partial charge in [0.15, 0.2) is 5.78 Å². The average Bonchev–Trinajstić information content (AvgIpc) is 2.37. The first-order valence-corrected chi connectivity index (χ1v) is 7.66. The van der Waals surface area contributed by atoms with Crippen LogP contribution in [0.2, 0.25) is 0 Å². The van der Waals surface area contributed by atoms with Crippen LogP contribution >= 0.6 is 0 Å². The van der Waals surface area contributed by atoms with E-state index in [4.69, 9.17) is 0 Å². The number of ketones is 1. The van der Waals surface area contributed by atoms with E-state index in [1.54, 1.807) is 6.20 Å².